The van der Waals surface area contributed by atoms with Crippen molar-refractivity contribution in [2.24, 2.45) is 0 Å². The van der Waals surface area contributed by atoms with Crippen LogP contribution in [0.15, 0.2) is 18.2 Å². The number of likely N-dealkylation sites (N-methyl/N-ethyl adjacent to an activating group) is 1. The third-order valence-corrected chi connectivity index (χ3v) is 2.93. The van der Waals surface area contributed by atoms with Gasteiger partial charge in [-0.2, -0.15) is 0 Å². The molecule has 102 valence electrons. The molecule has 2 unspecified atom stereocenters. The molecule has 0 radical (unpaired) electrons. The summed E-state index contributed by atoms with van der Waals surface area (Å²) in [5.41, 5.74) is 0.406. The van der Waals surface area contributed by atoms with Gasteiger partial charge >= 0.3 is 0 Å². The van der Waals surface area contributed by atoms with E-state index in [9.17, 15) is 13.9 Å². The van der Waals surface area contributed by atoms with Crippen molar-refractivity contribution in [2.45, 2.75) is 19.1 Å². The fraction of sp³-hybridized carbons (Fsp3) is 0.538. The maximum absolute atomic E-state index is 13.6. The standard InChI is InChI=1S/C13H19F2NO2/c1-9(16(2)7-11(17)8-18-3)12-5-4-10(14)6-13(12)15/h4-6,9,11,17H,7-8H2,1-3H3. The van der Waals surface area contributed by atoms with E-state index in [-0.39, 0.29) is 12.6 Å². The van der Waals surface area contributed by atoms with Gasteiger partial charge in [-0.1, -0.05) is 6.07 Å². The Morgan fingerprint density at radius 1 is 1.39 bits per heavy atom. The van der Waals surface area contributed by atoms with E-state index >= 15 is 0 Å². The molecule has 1 N–H and O–H groups in total. The molecule has 0 amide bonds. The van der Waals surface area contributed by atoms with Crippen LogP contribution in [0.1, 0.15) is 18.5 Å². The first-order valence-electron chi connectivity index (χ1n) is 5.78. The molecule has 0 aromatic heterocycles. The molecular weight excluding hydrogens is 240 g/mol. The Hall–Kier alpha value is -1.04. The molecule has 1 aromatic carbocycles. The quantitative estimate of drug-likeness (QED) is 0.847. The normalized spacial score (nSPS) is 14.8. The smallest absolute Gasteiger partial charge is 0.130 e. The lowest BCUT2D eigenvalue weighted by Crippen LogP contribution is -2.34. The van der Waals surface area contributed by atoms with Crippen molar-refractivity contribution in [1.29, 1.82) is 0 Å². The van der Waals surface area contributed by atoms with Crippen LogP contribution >= 0.6 is 0 Å². The molecule has 0 aliphatic rings. The fourth-order valence-electron chi connectivity index (χ4n) is 1.81. The summed E-state index contributed by atoms with van der Waals surface area (Å²) in [6, 6.07) is 3.27. The lowest BCUT2D eigenvalue weighted by atomic mass is 10.1. The molecule has 0 saturated carbocycles. The average molecular weight is 259 g/mol. The number of hydrogen-bond donors (Lipinski definition) is 1. The summed E-state index contributed by atoms with van der Waals surface area (Å²) in [5, 5.41) is 9.61. The van der Waals surface area contributed by atoms with Crippen LogP contribution in [0.2, 0.25) is 0 Å². The molecule has 0 aliphatic heterocycles. The van der Waals surface area contributed by atoms with Gasteiger partial charge in [-0.15, -0.1) is 0 Å². The van der Waals surface area contributed by atoms with E-state index in [2.05, 4.69) is 0 Å². The Balaban J connectivity index is 2.70. The molecule has 0 spiro atoms. The van der Waals surface area contributed by atoms with E-state index in [1.807, 2.05) is 0 Å². The van der Waals surface area contributed by atoms with Crippen LogP contribution in [-0.2, 0) is 4.74 Å². The number of ether oxygens (including phenoxy) is 1. The Morgan fingerprint density at radius 3 is 2.61 bits per heavy atom. The first kappa shape index (κ1) is 15.0. The van der Waals surface area contributed by atoms with Gasteiger partial charge in [-0.3, -0.25) is 4.90 Å². The monoisotopic (exact) mass is 259 g/mol. The highest BCUT2D eigenvalue weighted by Gasteiger charge is 2.18. The SMILES string of the molecule is COCC(O)CN(C)C(C)c1ccc(F)cc1F. The van der Waals surface area contributed by atoms with Crippen LogP contribution in [0.5, 0.6) is 0 Å². The maximum Gasteiger partial charge on any atom is 0.130 e. The number of hydrogen-bond acceptors (Lipinski definition) is 3. The van der Waals surface area contributed by atoms with Crippen molar-refractivity contribution in [3.05, 3.63) is 35.4 Å². The van der Waals surface area contributed by atoms with Gasteiger partial charge < -0.3 is 9.84 Å². The van der Waals surface area contributed by atoms with Crippen LogP contribution < -0.4 is 0 Å². The van der Waals surface area contributed by atoms with Gasteiger partial charge in [0, 0.05) is 31.3 Å². The molecule has 5 heteroatoms. The van der Waals surface area contributed by atoms with E-state index in [1.165, 1.54) is 19.2 Å². The minimum Gasteiger partial charge on any atom is -0.389 e. The molecule has 0 saturated heterocycles. The highest BCUT2D eigenvalue weighted by atomic mass is 19.1. The van der Waals surface area contributed by atoms with Crippen LogP contribution in [0.25, 0.3) is 0 Å². The van der Waals surface area contributed by atoms with E-state index < -0.39 is 17.7 Å². The lowest BCUT2D eigenvalue weighted by Gasteiger charge is -2.27. The first-order valence-corrected chi connectivity index (χ1v) is 5.78. The zero-order valence-corrected chi connectivity index (χ0v) is 10.9. The number of aliphatic hydroxyl groups excluding tert-OH is 1. The topological polar surface area (TPSA) is 32.7 Å². The van der Waals surface area contributed by atoms with Gasteiger partial charge in [0.1, 0.15) is 11.6 Å². The Labute approximate surface area is 106 Å². The van der Waals surface area contributed by atoms with E-state index in [0.717, 1.165) is 6.07 Å². The Bertz CT molecular complexity index is 387. The summed E-state index contributed by atoms with van der Waals surface area (Å²) >= 11 is 0. The van der Waals surface area contributed by atoms with Gasteiger partial charge in [-0.25, -0.2) is 8.78 Å². The minimum atomic E-state index is -0.633. The number of rotatable bonds is 6. The second kappa shape index (κ2) is 6.78. The highest BCUT2D eigenvalue weighted by molar-refractivity contribution is 5.21. The number of aliphatic hydroxyl groups is 1. The molecule has 18 heavy (non-hydrogen) atoms. The van der Waals surface area contributed by atoms with Crippen LogP contribution in [-0.4, -0.2) is 43.4 Å². The van der Waals surface area contributed by atoms with Crippen LogP contribution in [0.4, 0.5) is 8.78 Å². The molecule has 1 rings (SSSR count). The summed E-state index contributed by atoms with van der Waals surface area (Å²) in [6.45, 7) is 2.38. The zero-order chi connectivity index (χ0) is 13.7. The van der Waals surface area contributed by atoms with Gasteiger partial charge in [0.2, 0.25) is 0 Å². The average Bonchev–Trinajstić information content (AvgIpc) is 2.28. The second-order valence-corrected chi connectivity index (χ2v) is 4.39. The molecule has 3 nitrogen and oxygen atoms in total. The number of halogens is 2. The van der Waals surface area contributed by atoms with Crippen molar-refractivity contribution >= 4 is 0 Å². The van der Waals surface area contributed by atoms with Crippen molar-refractivity contribution in [2.75, 3.05) is 27.3 Å². The van der Waals surface area contributed by atoms with Crippen molar-refractivity contribution in [3.8, 4) is 0 Å². The fourth-order valence-corrected chi connectivity index (χ4v) is 1.81. The molecule has 2 atom stereocenters. The number of nitrogens with zero attached hydrogens (tertiary/aromatic N) is 1. The third-order valence-electron chi connectivity index (χ3n) is 2.93. The van der Waals surface area contributed by atoms with Crippen molar-refractivity contribution < 1.29 is 18.6 Å². The molecule has 0 bridgehead atoms. The van der Waals surface area contributed by atoms with E-state index in [4.69, 9.17) is 4.74 Å². The summed E-state index contributed by atoms with van der Waals surface area (Å²) < 4.78 is 31.2. The van der Waals surface area contributed by atoms with Gasteiger partial charge in [0.05, 0.1) is 12.7 Å². The summed E-state index contributed by atoms with van der Waals surface area (Å²) in [7, 11) is 3.28. The van der Waals surface area contributed by atoms with Crippen molar-refractivity contribution in [3.63, 3.8) is 0 Å². The van der Waals surface area contributed by atoms with Gasteiger partial charge in [0.25, 0.3) is 0 Å². The third kappa shape index (κ3) is 4.01. The second-order valence-electron chi connectivity index (χ2n) is 4.39. The zero-order valence-electron chi connectivity index (χ0n) is 10.9. The predicted octanol–water partition coefficient (Wildman–Crippen LogP) is 1.96. The highest BCUT2D eigenvalue weighted by Crippen LogP contribution is 2.22. The van der Waals surface area contributed by atoms with Crippen LogP contribution in [0, 0.1) is 11.6 Å². The summed E-state index contributed by atoms with van der Waals surface area (Å²) in [6.07, 6.45) is -0.633. The largest absolute Gasteiger partial charge is 0.389 e. The molecular formula is C13H19F2NO2. The number of benzene rings is 1. The van der Waals surface area contributed by atoms with E-state index in [0.29, 0.717) is 12.1 Å². The molecule has 1 aromatic rings. The van der Waals surface area contributed by atoms with Gasteiger partial charge in [-0.05, 0) is 20.0 Å². The summed E-state index contributed by atoms with van der Waals surface area (Å²) in [5.74, 6) is -1.17. The lowest BCUT2D eigenvalue weighted by molar-refractivity contribution is 0.0354. The Morgan fingerprint density at radius 2 is 2.06 bits per heavy atom. The molecule has 0 fully saturated rings. The van der Waals surface area contributed by atoms with Crippen molar-refractivity contribution in [1.82, 2.24) is 4.90 Å². The molecule has 0 heterocycles. The van der Waals surface area contributed by atoms with E-state index in [1.54, 1.807) is 18.9 Å². The Kier molecular flexibility index (Phi) is 5.65. The molecule has 0 aliphatic carbocycles. The van der Waals surface area contributed by atoms with Gasteiger partial charge in [0.15, 0.2) is 0 Å². The van der Waals surface area contributed by atoms with Crippen LogP contribution in [0.3, 0.4) is 0 Å². The maximum atomic E-state index is 13.6. The summed E-state index contributed by atoms with van der Waals surface area (Å²) in [4.78, 5) is 1.79. The first-order chi connectivity index (χ1) is 8.45. The number of methoxy groups -OCH3 is 1. The minimum absolute atomic E-state index is 0.225. The predicted molar refractivity (Wildman–Crippen MR) is 65.3 cm³/mol.